The van der Waals surface area contributed by atoms with Crippen LogP contribution >= 0.6 is 0 Å². The van der Waals surface area contributed by atoms with Gasteiger partial charge >= 0.3 is 0 Å². The normalized spacial score (nSPS) is 11.6. The van der Waals surface area contributed by atoms with E-state index in [9.17, 15) is 13.5 Å². The SMILES string of the molecule is Cc1ccc(S(=O)(=O)c2c(-c3ccccc3O)n[nH]c2C)cc1. The van der Waals surface area contributed by atoms with E-state index in [1.165, 1.54) is 6.07 Å². The number of nitrogens with zero attached hydrogens (tertiary/aromatic N) is 1. The number of aromatic nitrogens is 2. The highest BCUT2D eigenvalue weighted by Crippen LogP contribution is 2.36. The molecule has 1 heterocycles. The van der Waals surface area contributed by atoms with Crippen LogP contribution in [0, 0.1) is 13.8 Å². The topological polar surface area (TPSA) is 83.1 Å². The molecule has 0 amide bonds. The molecule has 6 heteroatoms. The number of aryl methyl sites for hydroxylation is 2. The smallest absolute Gasteiger partial charge is 0.210 e. The van der Waals surface area contributed by atoms with Gasteiger partial charge < -0.3 is 5.11 Å². The van der Waals surface area contributed by atoms with Crippen LogP contribution in [0.15, 0.2) is 58.3 Å². The first-order chi connectivity index (χ1) is 10.9. The molecule has 0 aliphatic carbocycles. The van der Waals surface area contributed by atoms with E-state index < -0.39 is 9.84 Å². The second-order valence-electron chi connectivity index (χ2n) is 5.36. The summed E-state index contributed by atoms with van der Waals surface area (Å²) >= 11 is 0. The molecule has 0 aliphatic heterocycles. The van der Waals surface area contributed by atoms with Crippen LogP contribution in [0.2, 0.25) is 0 Å². The minimum atomic E-state index is -3.74. The molecule has 3 aromatic rings. The van der Waals surface area contributed by atoms with Gasteiger partial charge in [-0.05, 0) is 38.1 Å². The summed E-state index contributed by atoms with van der Waals surface area (Å²) in [6.07, 6.45) is 0. The van der Waals surface area contributed by atoms with Gasteiger partial charge in [0.15, 0.2) is 0 Å². The van der Waals surface area contributed by atoms with Crippen molar-refractivity contribution in [1.82, 2.24) is 10.2 Å². The molecule has 5 nitrogen and oxygen atoms in total. The largest absolute Gasteiger partial charge is 0.507 e. The first-order valence-corrected chi connectivity index (χ1v) is 8.54. The summed E-state index contributed by atoms with van der Waals surface area (Å²) in [7, 11) is -3.74. The van der Waals surface area contributed by atoms with E-state index in [4.69, 9.17) is 0 Å². The number of aromatic amines is 1. The third-order valence-electron chi connectivity index (χ3n) is 3.65. The average molecular weight is 328 g/mol. The van der Waals surface area contributed by atoms with E-state index in [1.807, 2.05) is 6.92 Å². The highest BCUT2D eigenvalue weighted by molar-refractivity contribution is 7.91. The highest BCUT2D eigenvalue weighted by atomic mass is 32.2. The lowest BCUT2D eigenvalue weighted by atomic mass is 10.1. The molecule has 0 aliphatic rings. The number of para-hydroxylation sites is 1. The lowest BCUT2D eigenvalue weighted by Gasteiger charge is -2.08. The van der Waals surface area contributed by atoms with Gasteiger partial charge in [-0.25, -0.2) is 8.42 Å². The fourth-order valence-electron chi connectivity index (χ4n) is 2.44. The lowest BCUT2D eigenvalue weighted by molar-refractivity contribution is 0.477. The van der Waals surface area contributed by atoms with Crippen molar-refractivity contribution in [2.75, 3.05) is 0 Å². The Morgan fingerprint density at radius 1 is 1.00 bits per heavy atom. The zero-order valence-corrected chi connectivity index (χ0v) is 13.6. The van der Waals surface area contributed by atoms with Gasteiger partial charge in [0.25, 0.3) is 0 Å². The Morgan fingerprint density at radius 2 is 1.65 bits per heavy atom. The number of H-pyrrole nitrogens is 1. The monoisotopic (exact) mass is 328 g/mol. The number of sulfone groups is 1. The van der Waals surface area contributed by atoms with Gasteiger partial charge in [-0.3, -0.25) is 5.10 Å². The molecule has 0 saturated heterocycles. The maximum atomic E-state index is 13.0. The third-order valence-corrected chi connectivity index (χ3v) is 5.58. The van der Waals surface area contributed by atoms with Crippen LogP contribution in [-0.2, 0) is 9.84 Å². The number of phenols is 1. The van der Waals surface area contributed by atoms with E-state index in [0.29, 0.717) is 11.3 Å². The molecule has 0 spiro atoms. The maximum absolute atomic E-state index is 13.0. The van der Waals surface area contributed by atoms with Crippen LogP contribution in [-0.4, -0.2) is 23.7 Å². The zero-order chi connectivity index (χ0) is 16.6. The third kappa shape index (κ3) is 2.61. The molecule has 0 unspecified atom stereocenters. The summed E-state index contributed by atoms with van der Waals surface area (Å²) in [6, 6.07) is 13.2. The Bertz CT molecular complexity index is 958. The molecule has 1 aromatic heterocycles. The van der Waals surface area contributed by atoms with Crippen molar-refractivity contribution in [1.29, 1.82) is 0 Å². The van der Waals surface area contributed by atoms with Crippen LogP contribution in [0.5, 0.6) is 5.75 Å². The minimum absolute atomic E-state index is 0.0145. The Kier molecular flexibility index (Phi) is 3.69. The molecule has 0 bridgehead atoms. The highest BCUT2D eigenvalue weighted by Gasteiger charge is 2.28. The Hall–Kier alpha value is -2.60. The first kappa shape index (κ1) is 15.3. The van der Waals surface area contributed by atoms with E-state index in [0.717, 1.165) is 5.56 Å². The molecular formula is C17H16N2O3S. The molecule has 0 saturated carbocycles. The second-order valence-corrected chi connectivity index (χ2v) is 7.25. The summed E-state index contributed by atoms with van der Waals surface area (Å²) in [5.74, 6) is -0.0145. The zero-order valence-electron chi connectivity index (χ0n) is 12.7. The van der Waals surface area contributed by atoms with Crippen molar-refractivity contribution in [2.24, 2.45) is 0 Å². The summed E-state index contributed by atoms with van der Waals surface area (Å²) < 4.78 is 26.0. The molecule has 23 heavy (non-hydrogen) atoms. The van der Waals surface area contributed by atoms with Crippen LogP contribution in [0.3, 0.4) is 0 Å². The number of hydrogen-bond donors (Lipinski definition) is 2. The number of hydrogen-bond acceptors (Lipinski definition) is 4. The van der Waals surface area contributed by atoms with Crippen molar-refractivity contribution in [3.05, 3.63) is 59.8 Å². The van der Waals surface area contributed by atoms with Gasteiger partial charge in [0.05, 0.1) is 10.6 Å². The number of benzene rings is 2. The average Bonchev–Trinajstić information content (AvgIpc) is 2.90. The molecule has 118 valence electrons. The van der Waals surface area contributed by atoms with Crippen molar-refractivity contribution in [3.8, 4) is 17.0 Å². The molecular weight excluding hydrogens is 312 g/mol. The Morgan fingerprint density at radius 3 is 2.30 bits per heavy atom. The summed E-state index contributed by atoms with van der Waals surface area (Å²) in [5, 5.41) is 16.8. The maximum Gasteiger partial charge on any atom is 0.210 e. The van der Waals surface area contributed by atoms with Gasteiger partial charge in [-0.2, -0.15) is 5.10 Å². The summed E-state index contributed by atoms with van der Waals surface area (Å²) in [6.45, 7) is 3.55. The fourth-order valence-corrected chi connectivity index (χ4v) is 4.03. The van der Waals surface area contributed by atoms with Gasteiger partial charge in [0.2, 0.25) is 9.84 Å². The predicted molar refractivity (Wildman–Crippen MR) is 87.1 cm³/mol. The Balaban J connectivity index is 2.23. The quantitative estimate of drug-likeness (QED) is 0.773. The minimum Gasteiger partial charge on any atom is -0.507 e. The molecule has 2 aromatic carbocycles. The fraction of sp³-hybridized carbons (Fsp3) is 0.118. The lowest BCUT2D eigenvalue weighted by Crippen LogP contribution is -2.04. The van der Waals surface area contributed by atoms with Gasteiger partial charge in [-0.1, -0.05) is 29.8 Å². The van der Waals surface area contributed by atoms with Crippen molar-refractivity contribution >= 4 is 9.84 Å². The van der Waals surface area contributed by atoms with E-state index in [1.54, 1.807) is 49.4 Å². The molecule has 0 radical (unpaired) electrons. The van der Waals surface area contributed by atoms with Crippen LogP contribution in [0.25, 0.3) is 11.3 Å². The van der Waals surface area contributed by atoms with Gasteiger partial charge in [0, 0.05) is 5.56 Å². The molecule has 0 atom stereocenters. The number of nitrogens with one attached hydrogen (secondary N) is 1. The molecule has 3 rings (SSSR count). The molecule has 0 fully saturated rings. The van der Waals surface area contributed by atoms with Gasteiger partial charge in [-0.15, -0.1) is 0 Å². The van der Waals surface area contributed by atoms with Crippen LogP contribution < -0.4 is 0 Å². The second kappa shape index (κ2) is 5.55. The molecule has 2 N–H and O–H groups in total. The van der Waals surface area contributed by atoms with Crippen molar-refractivity contribution < 1.29 is 13.5 Å². The predicted octanol–water partition coefficient (Wildman–Crippen LogP) is 3.23. The van der Waals surface area contributed by atoms with Crippen molar-refractivity contribution in [3.63, 3.8) is 0 Å². The summed E-state index contributed by atoms with van der Waals surface area (Å²) in [5.41, 5.74) is 2.02. The van der Waals surface area contributed by atoms with E-state index in [2.05, 4.69) is 10.2 Å². The first-order valence-electron chi connectivity index (χ1n) is 7.06. The number of rotatable bonds is 3. The van der Waals surface area contributed by atoms with Crippen LogP contribution in [0.1, 0.15) is 11.3 Å². The van der Waals surface area contributed by atoms with Crippen LogP contribution in [0.4, 0.5) is 0 Å². The summed E-state index contributed by atoms with van der Waals surface area (Å²) in [4.78, 5) is 0.284. The van der Waals surface area contributed by atoms with Crippen molar-refractivity contribution in [2.45, 2.75) is 23.6 Å². The van der Waals surface area contributed by atoms with Gasteiger partial charge in [0.1, 0.15) is 16.3 Å². The van der Waals surface area contributed by atoms with E-state index >= 15 is 0 Å². The Labute approximate surface area is 134 Å². The van der Waals surface area contributed by atoms with E-state index in [-0.39, 0.29) is 21.2 Å². The number of aromatic hydroxyl groups is 1. The standard InChI is InChI=1S/C17H16N2O3S/c1-11-7-9-13(10-8-11)23(21,22)17-12(2)18-19-16(17)14-5-3-4-6-15(14)20/h3-10,20H,1-2H3,(H,18,19). The number of phenolic OH excluding ortho intramolecular Hbond substituents is 1.